The molecule has 0 unspecified atom stereocenters. The van der Waals surface area contributed by atoms with E-state index in [0.717, 1.165) is 0 Å². The molecular weight excluding hydrogens is 176 g/mol. The molecule has 0 fully saturated rings. The van der Waals surface area contributed by atoms with Crippen LogP contribution in [0.4, 0.5) is 0 Å². The van der Waals surface area contributed by atoms with E-state index in [2.05, 4.69) is 34.4 Å². The zero-order valence-electron chi connectivity index (χ0n) is 8.22. The van der Waals surface area contributed by atoms with Gasteiger partial charge in [0.15, 0.2) is 0 Å². The lowest BCUT2D eigenvalue weighted by Gasteiger charge is -2.12. The third kappa shape index (κ3) is 3.47. The summed E-state index contributed by atoms with van der Waals surface area (Å²) in [4.78, 5) is 2.69. The number of hydrogen-bond acceptors (Lipinski definition) is 2. The Bertz CT molecular complexity index is 303. The van der Waals surface area contributed by atoms with Crippen molar-refractivity contribution >= 4 is 0 Å². The van der Waals surface area contributed by atoms with Crippen molar-refractivity contribution in [1.29, 1.82) is 0 Å². The fraction of sp³-hybridized carbons (Fsp3) is 0.400. The van der Waals surface area contributed by atoms with Gasteiger partial charge in [-0.05, 0) is 18.0 Å². The quantitative estimate of drug-likeness (QED) is 0.330. The minimum Gasteiger partial charge on any atom is -0.310 e. The Hall–Kier alpha value is -1.51. The first-order chi connectivity index (χ1) is 6.84. The molecule has 0 aliphatic carbocycles. The highest BCUT2D eigenvalue weighted by Gasteiger charge is 2.01. The van der Waals surface area contributed by atoms with Gasteiger partial charge in [-0.15, -0.1) is 0 Å². The average molecular weight is 190 g/mol. The van der Waals surface area contributed by atoms with Gasteiger partial charge in [-0.25, -0.2) is 0 Å². The number of rotatable bonds is 5. The highest BCUT2D eigenvalue weighted by molar-refractivity contribution is 5.17. The highest BCUT2D eigenvalue weighted by atomic mass is 15.1. The molecule has 1 rings (SSSR count). The molecule has 0 saturated carbocycles. The predicted molar refractivity (Wildman–Crippen MR) is 56.9 cm³/mol. The maximum atomic E-state index is 8.08. The molecule has 0 aliphatic heterocycles. The van der Waals surface area contributed by atoms with E-state index >= 15 is 0 Å². The van der Waals surface area contributed by atoms with Gasteiger partial charge in [0.2, 0.25) is 0 Å². The van der Waals surface area contributed by atoms with Crippen LogP contribution in [-0.2, 0) is 0 Å². The zero-order valence-corrected chi connectivity index (χ0v) is 8.22. The molecule has 0 spiro atoms. The van der Waals surface area contributed by atoms with Crippen LogP contribution in [0.15, 0.2) is 35.4 Å². The van der Waals surface area contributed by atoms with Crippen LogP contribution in [0.25, 0.3) is 10.4 Å². The molecule has 74 valence electrons. The molecule has 1 N–H and O–H groups in total. The van der Waals surface area contributed by atoms with Gasteiger partial charge < -0.3 is 5.32 Å². The monoisotopic (exact) mass is 190 g/mol. The van der Waals surface area contributed by atoms with E-state index < -0.39 is 0 Å². The zero-order chi connectivity index (χ0) is 10.2. The summed E-state index contributed by atoms with van der Waals surface area (Å²) in [5.41, 5.74) is 9.32. The number of benzene rings is 1. The van der Waals surface area contributed by atoms with Crippen LogP contribution < -0.4 is 5.32 Å². The number of hydrogen-bond donors (Lipinski definition) is 1. The second-order valence-electron chi connectivity index (χ2n) is 3.04. The minimum absolute atomic E-state index is 0.296. The van der Waals surface area contributed by atoms with Crippen molar-refractivity contribution in [2.45, 2.75) is 13.0 Å². The molecule has 1 atom stereocenters. The maximum Gasteiger partial charge on any atom is 0.0383 e. The van der Waals surface area contributed by atoms with Gasteiger partial charge in [-0.2, -0.15) is 0 Å². The van der Waals surface area contributed by atoms with Crippen LogP contribution >= 0.6 is 0 Å². The van der Waals surface area contributed by atoms with Gasteiger partial charge in [-0.3, -0.25) is 0 Å². The Kier molecular flexibility index (Phi) is 4.55. The fourth-order valence-corrected chi connectivity index (χ4v) is 1.24. The Balaban J connectivity index is 2.35. The maximum absolute atomic E-state index is 8.08. The summed E-state index contributed by atoms with van der Waals surface area (Å²) in [5, 5.41) is 6.72. The topological polar surface area (TPSA) is 60.8 Å². The van der Waals surface area contributed by atoms with Crippen molar-refractivity contribution in [3.8, 4) is 0 Å². The molecule has 0 saturated heterocycles. The van der Waals surface area contributed by atoms with E-state index in [1.165, 1.54) is 5.56 Å². The minimum atomic E-state index is 0.296. The van der Waals surface area contributed by atoms with E-state index in [9.17, 15) is 0 Å². The van der Waals surface area contributed by atoms with Crippen LogP contribution in [0.1, 0.15) is 18.5 Å². The van der Waals surface area contributed by atoms with Crippen LogP contribution in [0.2, 0.25) is 0 Å². The van der Waals surface area contributed by atoms with E-state index in [4.69, 9.17) is 5.53 Å². The van der Waals surface area contributed by atoms with Gasteiger partial charge >= 0.3 is 0 Å². The second-order valence-corrected chi connectivity index (χ2v) is 3.04. The Morgan fingerprint density at radius 3 is 2.79 bits per heavy atom. The first-order valence-electron chi connectivity index (χ1n) is 4.64. The Morgan fingerprint density at radius 2 is 2.14 bits per heavy atom. The number of azide groups is 1. The van der Waals surface area contributed by atoms with Gasteiger partial charge in [0.25, 0.3) is 0 Å². The van der Waals surface area contributed by atoms with Crippen LogP contribution in [0.3, 0.4) is 0 Å². The lowest BCUT2D eigenvalue weighted by Crippen LogP contribution is -2.21. The smallest absolute Gasteiger partial charge is 0.0383 e. The molecule has 0 aliphatic rings. The number of nitrogens with one attached hydrogen (secondary N) is 1. The molecule has 4 nitrogen and oxygen atoms in total. The van der Waals surface area contributed by atoms with Crippen molar-refractivity contribution in [1.82, 2.24) is 5.32 Å². The van der Waals surface area contributed by atoms with Crippen LogP contribution in [0.5, 0.6) is 0 Å². The third-order valence-electron chi connectivity index (χ3n) is 2.03. The molecular formula is C10H14N4. The van der Waals surface area contributed by atoms with Crippen molar-refractivity contribution in [3.05, 3.63) is 46.3 Å². The molecule has 0 heterocycles. The van der Waals surface area contributed by atoms with Gasteiger partial charge in [0.1, 0.15) is 0 Å². The SMILES string of the molecule is C[C@@H](NCCN=[N+]=[N-])c1ccccc1. The lowest BCUT2D eigenvalue weighted by molar-refractivity contribution is 0.582. The summed E-state index contributed by atoms with van der Waals surface area (Å²) in [5.74, 6) is 0. The van der Waals surface area contributed by atoms with Gasteiger partial charge in [0, 0.05) is 24.0 Å². The van der Waals surface area contributed by atoms with Crippen molar-refractivity contribution in [2.75, 3.05) is 13.1 Å². The molecule has 0 radical (unpaired) electrons. The molecule has 14 heavy (non-hydrogen) atoms. The second kappa shape index (κ2) is 6.02. The average Bonchev–Trinajstić information content (AvgIpc) is 2.25. The summed E-state index contributed by atoms with van der Waals surface area (Å²) >= 11 is 0. The van der Waals surface area contributed by atoms with Gasteiger partial charge in [-0.1, -0.05) is 35.4 Å². The standard InChI is InChI=1S/C10H14N4/c1-9(12-7-8-13-14-11)10-5-3-2-4-6-10/h2-6,9,12H,7-8H2,1H3/t9-/m1/s1. The van der Waals surface area contributed by atoms with Crippen molar-refractivity contribution in [3.63, 3.8) is 0 Å². The predicted octanol–water partition coefficient (Wildman–Crippen LogP) is 2.65. The summed E-state index contributed by atoms with van der Waals surface area (Å²) in [7, 11) is 0. The molecule has 0 amide bonds. The van der Waals surface area contributed by atoms with E-state index in [1.54, 1.807) is 0 Å². The Morgan fingerprint density at radius 1 is 1.43 bits per heavy atom. The summed E-state index contributed by atoms with van der Waals surface area (Å²) in [6.45, 7) is 3.29. The van der Waals surface area contributed by atoms with Crippen molar-refractivity contribution in [2.24, 2.45) is 5.11 Å². The van der Waals surface area contributed by atoms with E-state index in [1.807, 2.05) is 18.2 Å². The Labute approximate surface area is 83.6 Å². The summed E-state index contributed by atoms with van der Waals surface area (Å²) in [6, 6.07) is 10.5. The van der Waals surface area contributed by atoms with E-state index in [-0.39, 0.29) is 0 Å². The first kappa shape index (κ1) is 10.6. The number of nitrogens with zero attached hydrogens (tertiary/aromatic N) is 3. The lowest BCUT2D eigenvalue weighted by atomic mass is 10.1. The normalized spacial score (nSPS) is 11.8. The molecule has 4 heteroatoms. The highest BCUT2D eigenvalue weighted by Crippen LogP contribution is 2.10. The van der Waals surface area contributed by atoms with E-state index in [0.29, 0.717) is 19.1 Å². The van der Waals surface area contributed by atoms with Crippen LogP contribution in [-0.4, -0.2) is 13.1 Å². The largest absolute Gasteiger partial charge is 0.310 e. The van der Waals surface area contributed by atoms with Crippen molar-refractivity contribution < 1.29 is 0 Å². The first-order valence-corrected chi connectivity index (χ1v) is 4.64. The third-order valence-corrected chi connectivity index (χ3v) is 2.03. The molecule has 1 aromatic rings. The van der Waals surface area contributed by atoms with Gasteiger partial charge in [0.05, 0.1) is 0 Å². The summed E-state index contributed by atoms with van der Waals surface area (Å²) in [6.07, 6.45) is 0. The molecule has 0 aromatic heterocycles. The van der Waals surface area contributed by atoms with Crippen LogP contribution in [0, 0.1) is 0 Å². The summed E-state index contributed by atoms with van der Waals surface area (Å²) < 4.78 is 0. The molecule has 1 aromatic carbocycles. The molecule has 0 bridgehead atoms. The fourth-order valence-electron chi connectivity index (χ4n) is 1.24.